The maximum absolute atomic E-state index is 12.6. The predicted octanol–water partition coefficient (Wildman–Crippen LogP) is 0.440. The number of hydrogen-bond donors (Lipinski definition) is 6. The summed E-state index contributed by atoms with van der Waals surface area (Å²) in [6.07, 6.45) is 6.26. The zero-order valence-electron chi connectivity index (χ0n) is 21.3. The van der Waals surface area contributed by atoms with E-state index in [0.717, 1.165) is 13.0 Å². The molecule has 206 valence electrons. The lowest BCUT2D eigenvalue weighted by molar-refractivity contribution is 0.0511. The smallest absolute Gasteiger partial charge is 0.251 e. The standard InChI is InChI=1S/C24H36N10O4/c25-5-13-37-15-16-38-14-9-27-21(36)19-3-1-4-20(17-19)30-24-32-22(31-23(33-24)29-8-12-35)28-6-2-10-34-11-7-26-18-34/h1,3-4,7,11,17-18,35H,2,5-6,8-10,12-16,25H2,(H,27,36)(H3,28,29,30,31,32,33). The Hall–Kier alpha value is -3.85. The molecule has 0 fully saturated rings. The molecule has 2 aromatic heterocycles. The van der Waals surface area contributed by atoms with Gasteiger partial charge in [0, 0.05) is 56.4 Å². The van der Waals surface area contributed by atoms with Gasteiger partial charge in [-0.3, -0.25) is 4.79 Å². The fourth-order valence-electron chi connectivity index (χ4n) is 3.25. The molecule has 1 aromatic carbocycles. The molecule has 0 spiro atoms. The predicted molar refractivity (Wildman–Crippen MR) is 143 cm³/mol. The van der Waals surface area contributed by atoms with E-state index in [1.165, 1.54) is 0 Å². The number of aromatic nitrogens is 5. The van der Waals surface area contributed by atoms with Crippen LogP contribution in [0.5, 0.6) is 0 Å². The molecule has 3 aromatic rings. The van der Waals surface area contributed by atoms with Gasteiger partial charge in [0.05, 0.1) is 39.4 Å². The van der Waals surface area contributed by atoms with Crippen molar-refractivity contribution in [1.82, 2.24) is 29.8 Å². The molecule has 1 amide bonds. The van der Waals surface area contributed by atoms with Crippen LogP contribution in [0.3, 0.4) is 0 Å². The highest BCUT2D eigenvalue weighted by atomic mass is 16.5. The Labute approximate surface area is 221 Å². The monoisotopic (exact) mass is 528 g/mol. The summed E-state index contributed by atoms with van der Waals surface area (Å²) in [5.74, 6) is 0.769. The molecule has 0 bridgehead atoms. The Morgan fingerprint density at radius 2 is 1.74 bits per heavy atom. The topological polar surface area (TPSA) is 186 Å². The molecule has 3 rings (SSSR count). The van der Waals surface area contributed by atoms with Crippen molar-refractivity contribution in [3.8, 4) is 0 Å². The number of anilines is 4. The molecular weight excluding hydrogens is 492 g/mol. The Morgan fingerprint density at radius 1 is 0.974 bits per heavy atom. The highest BCUT2D eigenvalue weighted by molar-refractivity contribution is 5.95. The van der Waals surface area contributed by atoms with Crippen molar-refractivity contribution in [2.75, 3.05) is 75.2 Å². The Morgan fingerprint density at radius 3 is 2.47 bits per heavy atom. The molecule has 0 aliphatic rings. The molecule has 14 heteroatoms. The van der Waals surface area contributed by atoms with Crippen LogP contribution in [0.2, 0.25) is 0 Å². The number of carbonyl (C=O) groups is 1. The lowest BCUT2D eigenvalue weighted by Crippen LogP contribution is -2.27. The van der Waals surface area contributed by atoms with E-state index in [2.05, 4.69) is 41.2 Å². The number of hydrogen-bond acceptors (Lipinski definition) is 12. The van der Waals surface area contributed by atoms with Crippen LogP contribution in [0.15, 0.2) is 43.0 Å². The third-order valence-corrected chi connectivity index (χ3v) is 5.01. The molecule has 0 saturated heterocycles. The molecule has 0 aliphatic carbocycles. The molecule has 0 radical (unpaired) electrons. The van der Waals surface area contributed by atoms with Crippen molar-refractivity contribution >= 4 is 29.4 Å². The highest BCUT2D eigenvalue weighted by Crippen LogP contribution is 2.17. The number of imidazole rings is 1. The van der Waals surface area contributed by atoms with Crippen molar-refractivity contribution in [1.29, 1.82) is 0 Å². The Kier molecular flexibility index (Phi) is 12.7. The van der Waals surface area contributed by atoms with Crippen LogP contribution in [0, 0.1) is 0 Å². The first kappa shape index (κ1) is 28.7. The number of aryl methyl sites for hydroxylation is 1. The van der Waals surface area contributed by atoms with Crippen molar-refractivity contribution in [2.24, 2.45) is 5.73 Å². The molecular formula is C24H36N10O4. The number of benzene rings is 1. The number of aliphatic hydroxyl groups is 1. The third kappa shape index (κ3) is 10.6. The van der Waals surface area contributed by atoms with Gasteiger partial charge in [-0.05, 0) is 24.6 Å². The highest BCUT2D eigenvalue weighted by Gasteiger charge is 2.10. The lowest BCUT2D eigenvalue weighted by Gasteiger charge is -2.12. The average Bonchev–Trinajstić information content (AvgIpc) is 3.45. The number of amides is 1. The first-order chi connectivity index (χ1) is 18.7. The van der Waals surface area contributed by atoms with E-state index in [1.54, 1.807) is 30.7 Å². The summed E-state index contributed by atoms with van der Waals surface area (Å²) in [6.45, 7) is 4.32. The number of nitrogens with two attached hydrogens (primary N) is 1. The van der Waals surface area contributed by atoms with E-state index in [1.807, 2.05) is 16.8 Å². The number of rotatable bonds is 19. The average molecular weight is 529 g/mol. The molecule has 14 nitrogen and oxygen atoms in total. The molecule has 2 heterocycles. The van der Waals surface area contributed by atoms with Crippen LogP contribution in [0.1, 0.15) is 16.8 Å². The summed E-state index contributed by atoms with van der Waals surface area (Å²) in [5, 5.41) is 21.3. The van der Waals surface area contributed by atoms with Crippen LogP contribution < -0.4 is 27.0 Å². The van der Waals surface area contributed by atoms with E-state index in [-0.39, 0.29) is 12.5 Å². The number of nitrogens with one attached hydrogen (secondary N) is 4. The normalized spacial score (nSPS) is 10.8. The summed E-state index contributed by atoms with van der Waals surface area (Å²) in [7, 11) is 0. The minimum absolute atomic E-state index is 0.0631. The minimum Gasteiger partial charge on any atom is -0.395 e. The fraction of sp³-hybridized carbons (Fsp3) is 0.458. The van der Waals surface area contributed by atoms with Gasteiger partial charge in [-0.2, -0.15) is 15.0 Å². The van der Waals surface area contributed by atoms with E-state index in [4.69, 9.17) is 20.3 Å². The van der Waals surface area contributed by atoms with Crippen molar-refractivity contribution in [3.05, 3.63) is 48.5 Å². The van der Waals surface area contributed by atoms with Gasteiger partial charge in [0.1, 0.15) is 0 Å². The molecule has 0 atom stereocenters. The molecule has 0 aliphatic heterocycles. The Balaban J connectivity index is 1.53. The maximum Gasteiger partial charge on any atom is 0.251 e. The van der Waals surface area contributed by atoms with Gasteiger partial charge in [0.25, 0.3) is 5.91 Å². The van der Waals surface area contributed by atoms with Crippen molar-refractivity contribution in [2.45, 2.75) is 13.0 Å². The van der Waals surface area contributed by atoms with Crippen molar-refractivity contribution < 1.29 is 19.4 Å². The minimum atomic E-state index is -0.224. The molecule has 0 saturated carbocycles. The summed E-state index contributed by atoms with van der Waals surface area (Å²) >= 11 is 0. The zero-order valence-corrected chi connectivity index (χ0v) is 21.3. The van der Waals surface area contributed by atoms with Crippen LogP contribution >= 0.6 is 0 Å². The lowest BCUT2D eigenvalue weighted by atomic mass is 10.2. The van der Waals surface area contributed by atoms with Crippen LogP contribution in [-0.2, 0) is 16.0 Å². The summed E-state index contributed by atoms with van der Waals surface area (Å²) in [4.78, 5) is 29.8. The second-order valence-electron chi connectivity index (χ2n) is 8.01. The van der Waals surface area contributed by atoms with E-state index in [9.17, 15) is 4.79 Å². The number of carbonyl (C=O) groups excluding carboxylic acids is 1. The van der Waals surface area contributed by atoms with Crippen LogP contribution in [0.4, 0.5) is 23.5 Å². The zero-order chi connectivity index (χ0) is 26.8. The van der Waals surface area contributed by atoms with E-state index < -0.39 is 0 Å². The summed E-state index contributed by atoms with van der Waals surface area (Å²) in [6, 6.07) is 7.00. The van der Waals surface area contributed by atoms with Gasteiger partial charge >= 0.3 is 0 Å². The maximum atomic E-state index is 12.6. The second kappa shape index (κ2) is 16.8. The summed E-state index contributed by atoms with van der Waals surface area (Å²) in [5.41, 5.74) is 6.47. The SMILES string of the molecule is NCCOCCOCCNC(=O)c1cccc(Nc2nc(NCCO)nc(NCCCn3ccnc3)n2)c1. The number of ether oxygens (including phenoxy) is 2. The second-order valence-corrected chi connectivity index (χ2v) is 8.01. The first-order valence-electron chi connectivity index (χ1n) is 12.5. The van der Waals surface area contributed by atoms with Crippen LogP contribution in [0.25, 0.3) is 0 Å². The molecule has 0 unspecified atom stereocenters. The number of nitrogens with zero attached hydrogens (tertiary/aromatic N) is 5. The van der Waals surface area contributed by atoms with Gasteiger partial charge in [0.15, 0.2) is 0 Å². The first-order valence-corrected chi connectivity index (χ1v) is 12.5. The molecule has 38 heavy (non-hydrogen) atoms. The quantitative estimate of drug-likeness (QED) is 0.118. The fourth-order valence-corrected chi connectivity index (χ4v) is 3.25. The van der Waals surface area contributed by atoms with Gasteiger partial charge in [-0.1, -0.05) is 6.07 Å². The largest absolute Gasteiger partial charge is 0.395 e. The van der Waals surface area contributed by atoms with Gasteiger partial charge in [-0.25, -0.2) is 4.98 Å². The van der Waals surface area contributed by atoms with Gasteiger partial charge in [0.2, 0.25) is 17.8 Å². The van der Waals surface area contributed by atoms with Gasteiger partial charge in [-0.15, -0.1) is 0 Å². The van der Waals surface area contributed by atoms with Crippen LogP contribution in [-0.4, -0.2) is 94.7 Å². The molecule has 7 N–H and O–H groups in total. The van der Waals surface area contributed by atoms with Gasteiger partial charge < -0.3 is 46.1 Å². The Bertz CT molecular complexity index is 1080. The number of aliphatic hydroxyl groups excluding tert-OH is 1. The van der Waals surface area contributed by atoms with E-state index >= 15 is 0 Å². The summed E-state index contributed by atoms with van der Waals surface area (Å²) < 4.78 is 12.7. The third-order valence-electron chi connectivity index (χ3n) is 5.01. The van der Waals surface area contributed by atoms with Crippen molar-refractivity contribution in [3.63, 3.8) is 0 Å². The van der Waals surface area contributed by atoms with E-state index in [0.29, 0.717) is 81.7 Å².